The first-order valence-corrected chi connectivity index (χ1v) is 10.1. The van der Waals surface area contributed by atoms with Crippen LogP contribution in [-0.2, 0) is 16.0 Å². The van der Waals surface area contributed by atoms with Gasteiger partial charge >= 0.3 is 12.1 Å². The summed E-state index contributed by atoms with van der Waals surface area (Å²) in [4.78, 5) is 12.0. The molecule has 0 amide bonds. The zero-order valence-corrected chi connectivity index (χ0v) is 16.5. The number of fused-ring (bicyclic) bond motifs is 1. The number of hydrogen-bond donors (Lipinski definition) is 0. The molecule has 1 aliphatic carbocycles. The molecule has 1 aromatic rings. The van der Waals surface area contributed by atoms with Crippen LogP contribution in [0.3, 0.4) is 0 Å². The van der Waals surface area contributed by atoms with Gasteiger partial charge in [0.05, 0.1) is 12.2 Å². The van der Waals surface area contributed by atoms with Gasteiger partial charge < -0.3 is 9.47 Å². The predicted molar refractivity (Wildman–Crippen MR) is 101 cm³/mol. The molecular formula is C21H24ClF3O3. The fourth-order valence-electron chi connectivity index (χ4n) is 3.91. The van der Waals surface area contributed by atoms with Gasteiger partial charge in [-0.2, -0.15) is 13.2 Å². The summed E-state index contributed by atoms with van der Waals surface area (Å²) in [5.41, 5.74) is 0.572. The van der Waals surface area contributed by atoms with E-state index in [2.05, 4.69) is 0 Å². The Morgan fingerprint density at radius 2 is 1.96 bits per heavy atom. The summed E-state index contributed by atoms with van der Waals surface area (Å²) in [6.45, 7) is 1.52. The van der Waals surface area contributed by atoms with Crippen LogP contribution in [0.25, 0.3) is 6.08 Å². The van der Waals surface area contributed by atoms with Gasteiger partial charge in [0.1, 0.15) is 5.75 Å². The number of hydrogen-bond acceptors (Lipinski definition) is 3. The molecule has 0 N–H and O–H groups in total. The standard InChI is InChI=1S/C21H24ClF3O3/c1-2-27-20(26)16-10-15-11-17(22)14(9-8-13-6-4-3-5-7-13)12-18(15)28-19(16)21(23,24)25/h10-13,19H,2-9H2,1H3. The highest BCUT2D eigenvalue weighted by Gasteiger charge is 2.48. The highest BCUT2D eigenvalue weighted by Crippen LogP contribution is 2.40. The minimum Gasteiger partial charge on any atom is -0.475 e. The van der Waals surface area contributed by atoms with Crippen molar-refractivity contribution in [1.29, 1.82) is 0 Å². The summed E-state index contributed by atoms with van der Waals surface area (Å²) in [7, 11) is 0. The maximum absolute atomic E-state index is 13.5. The van der Waals surface area contributed by atoms with Crippen molar-refractivity contribution in [2.45, 2.75) is 64.1 Å². The molecule has 0 bridgehead atoms. The highest BCUT2D eigenvalue weighted by molar-refractivity contribution is 6.31. The SMILES string of the molecule is CCOC(=O)C1=Cc2cc(Cl)c(CCC3CCCCC3)cc2OC1C(F)(F)F. The minimum absolute atomic E-state index is 0.0194. The van der Waals surface area contributed by atoms with Gasteiger partial charge in [0.25, 0.3) is 0 Å². The van der Waals surface area contributed by atoms with E-state index in [0.29, 0.717) is 22.9 Å². The Balaban J connectivity index is 1.85. The van der Waals surface area contributed by atoms with Crippen molar-refractivity contribution in [3.05, 3.63) is 33.9 Å². The van der Waals surface area contributed by atoms with Crippen molar-refractivity contribution in [3.8, 4) is 5.75 Å². The predicted octanol–water partition coefficient (Wildman–Crippen LogP) is 6.12. The van der Waals surface area contributed by atoms with E-state index in [0.717, 1.165) is 12.0 Å². The second kappa shape index (κ2) is 8.76. The number of aryl methyl sites for hydroxylation is 1. The van der Waals surface area contributed by atoms with Gasteiger partial charge in [-0.3, -0.25) is 0 Å². The number of ether oxygens (including phenoxy) is 2. The lowest BCUT2D eigenvalue weighted by Crippen LogP contribution is -2.40. The third-order valence-corrected chi connectivity index (χ3v) is 5.72. The third-order valence-electron chi connectivity index (χ3n) is 5.37. The Morgan fingerprint density at radius 1 is 1.25 bits per heavy atom. The average molecular weight is 417 g/mol. The van der Waals surface area contributed by atoms with Crippen LogP contribution in [0.4, 0.5) is 13.2 Å². The first-order chi connectivity index (χ1) is 13.3. The Bertz CT molecular complexity index is 752. The molecule has 1 aromatic carbocycles. The summed E-state index contributed by atoms with van der Waals surface area (Å²) in [6, 6.07) is 3.15. The van der Waals surface area contributed by atoms with Crippen molar-refractivity contribution in [2.75, 3.05) is 6.61 Å². The molecule has 1 aliphatic heterocycles. The Kier molecular flexibility index (Phi) is 6.58. The van der Waals surface area contributed by atoms with Crippen molar-refractivity contribution >= 4 is 23.6 Å². The van der Waals surface area contributed by atoms with Crippen molar-refractivity contribution < 1.29 is 27.4 Å². The lowest BCUT2D eigenvalue weighted by Gasteiger charge is -2.28. The number of carbonyl (C=O) groups excluding carboxylic acids is 1. The van der Waals surface area contributed by atoms with Gasteiger partial charge in [0.15, 0.2) is 0 Å². The minimum atomic E-state index is -4.72. The first-order valence-electron chi connectivity index (χ1n) is 9.74. The molecule has 3 nitrogen and oxygen atoms in total. The van der Waals surface area contributed by atoms with Gasteiger partial charge in [0, 0.05) is 10.6 Å². The quantitative estimate of drug-likeness (QED) is 0.542. The van der Waals surface area contributed by atoms with Gasteiger partial charge in [-0.15, -0.1) is 0 Å². The van der Waals surface area contributed by atoms with E-state index in [1.807, 2.05) is 0 Å². The maximum atomic E-state index is 13.5. The molecule has 0 saturated heterocycles. The van der Waals surface area contributed by atoms with Gasteiger partial charge in [-0.1, -0.05) is 43.7 Å². The molecule has 0 radical (unpaired) electrons. The van der Waals surface area contributed by atoms with Gasteiger partial charge in [-0.25, -0.2) is 4.79 Å². The summed E-state index contributed by atoms with van der Waals surface area (Å²) < 4.78 is 50.3. The van der Waals surface area contributed by atoms with Crippen molar-refractivity contribution in [3.63, 3.8) is 0 Å². The molecule has 28 heavy (non-hydrogen) atoms. The zero-order chi connectivity index (χ0) is 20.3. The molecule has 2 aliphatic rings. The zero-order valence-electron chi connectivity index (χ0n) is 15.8. The molecule has 154 valence electrons. The van der Waals surface area contributed by atoms with E-state index < -0.39 is 23.8 Å². The molecule has 0 aromatic heterocycles. The van der Waals surface area contributed by atoms with E-state index in [1.54, 1.807) is 12.1 Å². The van der Waals surface area contributed by atoms with Crippen LogP contribution in [0, 0.1) is 5.92 Å². The number of halogens is 4. The largest absolute Gasteiger partial charge is 0.475 e. The molecule has 1 atom stereocenters. The fourth-order valence-corrected chi connectivity index (χ4v) is 4.18. The number of esters is 1. The summed E-state index contributed by atoms with van der Waals surface area (Å²) in [5, 5.41) is 0.475. The second-order valence-corrected chi connectivity index (χ2v) is 7.79. The molecule has 1 fully saturated rings. The van der Waals surface area contributed by atoms with Crippen LogP contribution in [0.1, 0.15) is 56.6 Å². The lowest BCUT2D eigenvalue weighted by atomic mass is 9.85. The molecule has 1 unspecified atom stereocenters. The Morgan fingerprint density at radius 3 is 2.61 bits per heavy atom. The van der Waals surface area contributed by atoms with Crippen LogP contribution < -0.4 is 4.74 Å². The number of benzene rings is 1. The van der Waals surface area contributed by atoms with E-state index in [-0.39, 0.29) is 12.4 Å². The molecule has 3 rings (SSSR count). The normalized spacial score (nSPS) is 20.2. The number of carbonyl (C=O) groups is 1. The summed E-state index contributed by atoms with van der Waals surface area (Å²) in [5.74, 6) is -0.300. The van der Waals surface area contributed by atoms with Crippen LogP contribution in [0.2, 0.25) is 5.02 Å². The molecule has 1 saturated carbocycles. The van der Waals surface area contributed by atoms with Gasteiger partial charge in [0.2, 0.25) is 6.10 Å². The highest BCUT2D eigenvalue weighted by atomic mass is 35.5. The topological polar surface area (TPSA) is 35.5 Å². The van der Waals surface area contributed by atoms with Gasteiger partial charge in [-0.05, 0) is 49.5 Å². The van der Waals surface area contributed by atoms with E-state index in [9.17, 15) is 18.0 Å². The molecule has 7 heteroatoms. The average Bonchev–Trinajstić information content (AvgIpc) is 2.65. The summed E-state index contributed by atoms with van der Waals surface area (Å²) >= 11 is 6.37. The van der Waals surface area contributed by atoms with Crippen molar-refractivity contribution in [1.82, 2.24) is 0 Å². The Hall–Kier alpha value is -1.69. The monoisotopic (exact) mass is 416 g/mol. The molecule has 1 heterocycles. The Labute approximate surface area is 167 Å². The lowest BCUT2D eigenvalue weighted by molar-refractivity contribution is -0.187. The van der Waals surface area contributed by atoms with Crippen LogP contribution in [-0.4, -0.2) is 24.9 Å². The van der Waals surface area contributed by atoms with E-state index in [1.165, 1.54) is 45.1 Å². The third kappa shape index (κ3) is 4.83. The molecule has 0 spiro atoms. The van der Waals surface area contributed by atoms with E-state index >= 15 is 0 Å². The van der Waals surface area contributed by atoms with Crippen LogP contribution in [0.5, 0.6) is 5.75 Å². The number of alkyl halides is 3. The number of rotatable bonds is 5. The fraction of sp³-hybridized carbons (Fsp3) is 0.571. The van der Waals surface area contributed by atoms with Crippen molar-refractivity contribution in [2.24, 2.45) is 5.92 Å². The molecular weight excluding hydrogens is 393 g/mol. The maximum Gasteiger partial charge on any atom is 0.430 e. The van der Waals surface area contributed by atoms with Crippen LogP contribution >= 0.6 is 11.6 Å². The van der Waals surface area contributed by atoms with E-state index in [4.69, 9.17) is 21.1 Å². The first kappa shape index (κ1) is 21.0. The second-order valence-electron chi connectivity index (χ2n) is 7.38. The smallest absolute Gasteiger partial charge is 0.430 e. The van der Waals surface area contributed by atoms with Crippen LogP contribution in [0.15, 0.2) is 17.7 Å². The summed E-state index contributed by atoms with van der Waals surface area (Å²) in [6.07, 6.45) is 1.91.